The summed E-state index contributed by atoms with van der Waals surface area (Å²) in [5.74, 6) is 0.129. The highest BCUT2D eigenvalue weighted by molar-refractivity contribution is 7.94. The first-order valence-electron chi connectivity index (χ1n) is 8.62. The van der Waals surface area contributed by atoms with Crippen molar-refractivity contribution in [3.8, 4) is 5.75 Å². The fourth-order valence-electron chi connectivity index (χ4n) is 2.75. The number of hydrogen-bond acceptors (Lipinski definition) is 7. The van der Waals surface area contributed by atoms with E-state index in [4.69, 9.17) is 9.99 Å². The maximum Gasteiger partial charge on any atom is 0.193 e. The fourth-order valence-corrected chi connectivity index (χ4v) is 3.26. The zero-order chi connectivity index (χ0) is 20.8. The topological polar surface area (TPSA) is 82.1 Å². The van der Waals surface area contributed by atoms with E-state index in [9.17, 15) is 9.59 Å². The van der Waals surface area contributed by atoms with Crippen molar-refractivity contribution in [2.24, 2.45) is 0 Å². The second kappa shape index (κ2) is 9.49. The Bertz CT molecular complexity index is 1010. The average molecular weight is 410 g/mol. The van der Waals surface area contributed by atoms with Crippen LogP contribution >= 0.6 is 12.0 Å². The van der Waals surface area contributed by atoms with Crippen LogP contribution in [-0.4, -0.2) is 23.9 Å². The molecule has 0 aliphatic carbocycles. The van der Waals surface area contributed by atoms with Crippen LogP contribution in [0.15, 0.2) is 71.6 Å². The van der Waals surface area contributed by atoms with Gasteiger partial charge in [-0.3, -0.25) is 9.59 Å². The van der Waals surface area contributed by atoms with Crippen LogP contribution in [0.5, 0.6) is 5.75 Å². The van der Waals surface area contributed by atoms with E-state index in [0.717, 1.165) is 5.56 Å². The summed E-state index contributed by atoms with van der Waals surface area (Å²) in [4.78, 5) is 25.8. The van der Waals surface area contributed by atoms with Gasteiger partial charge in [0.1, 0.15) is 5.75 Å². The molecule has 0 unspecified atom stereocenters. The van der Waals surface area contributed by atoms with Crippen LogP contribution in [0.4, 0.5) is 0 Å². The van der Waals surface area contributed by atoms with Gasteiger partial charge in [-0.05, 0) is 25.1 Å². The number of carbonyl (C=O) groups is 2. The average Bonchev–Trinajstić information content (AvgIpc) is 2.77. The Morgan fingerprint density at radius 3 is 1.79 bits per heavy atom. The summed E-state index contributed by atoms with van der Waals surface area (Å²) in [6.45, 7) is 1.96. The minimum atomic E-state index is -0.228. The standard InChI is InChI=1S/C22H18O6S/c1-14-3-5-15(6-4-14)21(23)16-7-9-17(10-8-16)22(24)18-11-12-19(26-2)20(13-18)29-28-27-25/h3-13,25H,1-2H3. The normalized spacial score (nSPS) is 10.6. The van der Waals surface area contributed by atoms with E-state index in [-0.39, 0.29) is 11.6 Å². The summed E-state index contributed by atoms with van der Waals surface area (Å²) in [5, 5.41) is 11.9. The number of carbonyl (C=O) groups excluding carboxylic acids is 2. The molecule has 29 heavy (non-hydrogen) atoms. The van der Waals surface area contributed by atoms with Crippen LogP contribution in [-0.2, 0) is 9.37 Å². The zero-order valence-electron chi connectivity index (χ0n) is 15.7. The highest BCUT2D eigenvalue weighted by Crippen LogP contribution is 2.31. The van der Waals surface area contributed by atoms with Crippen molar-refractivity contribution in [3.05, 3.63) is 94.5 Å². The maximum absolute atomic E-state index is 12.8. The van der Waals surface area contributed by atoms with Gasteiger partial charge in [0.15, 0.2) is 11.6 Å². The van der Waals surface area contributed by atoms with Crippen LogP contribution in [0, 0.1) is 6.92 Å². The van der Waals surface area contributed by atoms with E-state index in [1.807, 2.05) is 19.1 Å². The van der Waals surface area contributed by atoms with Gasteiger partial charge in [0, 0.05) is 22.3 Å². The highest BCUT2D eigenvalue weighted by atomic mass is 32.2. The van der Waals surface area contributed by atoms with E-state index >= 15 is 0 Å². The first kappa shape index (κ1) is 20.8. The lowest BCUT2D eigenvalue weighted by atomic mass is 9.98. The summed E-state index contributed by atoms with van der Waals surface area (Å²) >= 11 is 0.709. The minimum absolute atomic E-state index is 0.103. The Labute approximate surface area is 172 Å². The van der Waals surface area contributed by atoms with Crippen LogP contribution in [0.2, 0.25) is 0 Å². The van der Waals surface area contributed by atoms with Gasteiger partial charge in [-0.1, -0.05) is 59.1 Å². The molecule has 3 rings (SSSR count). The summed E-state index contributed by atoms with van der Waals surface area (Å²) in [5.41, 5.74) is 3.01. The van der Waals surface area contributed by atoms with E-state index in [0.29, 0.717) is 44.9 Å². The molecule has 0 atom stereocenters. The summed E-state index contributed by atoms with van der Waals surface area (Å²) in [6.07, 6.45) is 0. The molecule has 0 aliphatic heterocycles. The molecule has 0 bridgehead atoms. The van der Waals surface area contributed by atoms with Gasteiger partial charge in [-0.2, -0.15) is 0 Å². The van der Waals surface area contributed by atoms with Crippen molar-refractivity contribution in [2.45, 2.75) is 11.8 Å². The number of benzene rings is 3. The zero-order valence-corrected chi connectivity index (χ0v) is 16.6. The predicted octanol–water partition coefficient (Wildman–Crippen LogP) is 4.89. The van der Waals surface area contributed by atoms with Gasteiger partial charge in [0.05, 0.1) is 24.0 Å². The molecular formula is C22H18O6S. The lowest BCUT2D eigenvalue weighted by Crippen LogP contribution is -2.05. The van der Waals surface area contributed by atoms with Crippen molar-refractivity contribution in [1.82, 2.24) is 0 Å². The van der Waals surface area contributed by atoms with Gasteiger partial charge < -0.3 is 4.74 Å². The summed E-state index contributed by atoms with van der Waals surface area (Å²) in [6, 6.07) is 18.7. The Hall–Kier alpha value is -2.97. The van der Waals surface area contributed by atoms with E-state index in [1.165, 1.54) is 7.11 Å². The first-order chi connectivity index (χ1) is 14.0. The molecule has 148 valence electrons. The molecule has 0 amide bonds. The number of ether oxygens (including phenoxy) is 1. The van der Waals surface area contributed by atoms with Crippen molar-refractivity contribution in [2.75, 3.05) is 7.11 Å². The summed E-state index contributed by atoms with van der Waals surface area (Å²) < 4.78 is 9.62. The van der Waals surface area contributed by atoms with Crippen molar-refractivity contribution >= 4 is 23.6 Å². The van der Waals surface area contributed by atoms with Crippen LogP contribution in [0.25, 0.3) is 0 Å². The van der Waals surface area contributed by atoms with Crippen molar-refractivity contribution < 1.29 is 29.0 Å². The monoisotopic (exact) mass is 410 g/mol. The summed E-state index contributed by atoms with van der Waals surface area (Å²) in [7, 11) is 1.48. The third-order valence-electron chi connectivity index (χ3n) is 4.30. The maximum atomic E-state index is 12.8. The van der Waals surface area contributed by atoms with Gasteiger partial charge in [-0.25, -0.2) is 5.26 Å². The van der Waals surface area contributed by atoms with Gasteiger partial charge in [0.2, 0.25) is 0 Å². The second-order valence-corrected chi connectivity index (χ2v) is 6.94. The Kier molecular flexibility index (Phi) is 6.79. The van der Waals surface area contributed by atoms with Crippen LogP contribution < -0.4 is 4.74 Å². The lowest BCUT2D eigenvalue weighted by molar-refractivity contribution is -0.432. The van der Waals surface area contributed by atoms with Gasteiger partial charge in [0.25, 0.3) is 0 Å². The quantitative estimate of drug-likeness (QED) is 0.245. The molecule has 0 saturated carbocycles. The molecule has 0 aromatic heterocycles. The molecule has 0 aliphatic rings. The van der Waals surface area contributed by atoms with Gasteiger partial charge in [-0.15, -0.1) is 4.33 Å². The highest BCUT2D eigenvalue weighted by Gasteiger charge is 2.15. The third-order valence-corrected chi connectivity index (χ3v) is 4.93. The molecule has 0 saturated heterocycles. The van der Waals surface area contributed by atoms with Crippen molar-refractivity contribution in [3.63, 3.8) is 0 Å². The molecule has 0 fully saturated rings. The second-order valence-electron chi connectivity index (χ2n) is 6.19. The lowest BCUT2D eigenvalue weighted by Gasteiger charge is -2.09. The van der Waals surface area contributed by atoms with Gasteiger partial charge >= 0.3 is 0 Å². The first-order valence-corrected chi connectivity index (χ1v) is 9.36. The molecule has 1 N–H and O–H groups in total. The Balaban J connectivity index is 1.81. The Morgan fingerprint density at radius 2 is 1.28 bits per heavy atom. The van der Waals surface area contributed by atoms with Crippen LogP contribution in [0.3, 0.4) is 0 Å². The smallest absolute Gasteiger partial charge is 0.193 e. The molecule has 6 nitrogen and oxygen atoms in total. The number of methoxy groups -OCH3 is 1. The minimum Gasteiger partial charge on any atom is -0.495 e. The molecular weight excluding hydrogens is 392 g/mol. The molecule has 0 heterocycles. The van der Waals surface area contributed by atoms with Crippen LogP contribution in [0.1, 0.15) is 37.4 Å². The molecule has 3 aromatic carbocycles. The Morgan fingerprint density at radius 1 is 0.793 bits per heavy atom. The van der Waals surface area contributed by atoms with E-state index < -0.39 is 0 Å². The largest absolute Gasteiger partial charge is 0.495 e. The fraction of sp³-hybridized carbons (Fsp3) is 0.0909. The van der Waals surface area contributed by atoms with Crippen molar-refractivity contribution in [1.29, 1.82) is 0 Å². The molecule has 7 heteroatoms. The number of ketones is 2. The molecule has 0 radical (unpaired) electrons. The molecule has 3 aromatic rings. The number of aryl methyl sites for hydroxylation is 1. The SMILES string of the molecule is COc1ccc(C(=O)c2ccc(C(=O)c3ccc(C)cc3)cc2)cc1SOOO. The number of rotatable bonds is 8. The molecule has 0 spiro atoms. The predicted molar refractivity (Wildman–Crippen MR) is 108 cm³/mol. The number of hydrogen-bond donors (Lipinski definition) is 1. The van der Waals surface area contributed by atoms with E-state index in [1.54, 1.807) is 54.6 Å². The third kappa shape index (κ3) is 4.90. The van der Waals surface area contributed by atoms with E-state index in [2.05, 4.69) is 9.37 Å².